The number of rotatable bonds is 3. The quantitative estimate of drug-likeness (QED) is 0.735. The lowest BCUT2D eigenvalue weighted by Crippen LogP contribution is -2.41. The van der Waals surface area contributed by atoms with E-state index in [0.29, 0.717) is 26.3 Å². The lowest BCUT2D eigenvalue weighted by Gasteiger charge is -2.23. The van der Waals surface area contributed by atoms with Gasteiger partial charge in [0.25, 0.3) is 0 Å². The number of likely N-dealkylation sites (tertiary alicyclic amines) is 1. The molecule has 0 bridgehead atoms. The van der Waals surface area contributed by atoms with Crippen LogP contribution in [-0.4, -0.2) is 65.2 Å². The summed E-state index contributed by atoms with van der Waals surface area (Å²) in [6.45, 7) is 1.65. The SMILES string of the molecule is COC(=O)[C@@]12COC[C@@H]1CN(C(=O)Cn1nc3ccccc3n1)C2.Cl. The van der Waals surface area contributed by atoms with Gasteiger partial charge in [0.2, 0.25) is 5.91 Å². The molecular weight excluding hydrogens is 348 g/mol. The Morgan fingerprint density at radius 1 is 1.32 bits per heavy atom. The zero-order valence-electron chi connectivity index (χ0n) is 13.8. The Balaban J connectivity index is 0.00000182. The van der Waals surface area contributed by atoms with Crippen molar-refractivity contribution in [1.82, 2.24) is 19.9 Å². The Morgan fingerprint density at radius 2 is 2.00 bits per heavy atom. The topological polar surface area (TPSA) is 86.5 Å². The minimum absolute atomic E-state index is 0. The van der Waals surface area contributed by atoms with Crippen LogP contribution >= 0.6 is 12.4 Å². The highest BCUT2D eigenvalue weighted by Gasteiger charge is 2.57. The maximum atomic E-state index is 12.6. The molecular formula is C16H19ClN4O4. The van der Waals surface area contributed by atoms with Crippen molar-refractivity contribution in [3.63, 3.8) is 0 Å². The summed E-state index contributed by atoms with van der Waals surface area (Å²) in [6, 6.07) is 7.47. The highest BCUT2D eigenvalue weighted by Crippen LogP contribution is 2.42. The molecule has 0 aliphatic carbocycles. The standard InChI is InChI=1S/C16H18N4O4.ClH/c1-23-15(22)16-9-19(6-11(16)8-24-10-16)14(21)7-20-17-12-4-2-3-5-13(12)18-20;/h2-5,11H,6-10H2,1H3;1H/t11-,16-;/m0./s1. The lowest BCUT2D eigenvalue weighted by molar-refractivity contribution is -0.153. The van der Waals surface area contributed by atoms with E-state index in [1.165, 1.54) is 11.9 Å². The molecule has 0 N–H and O–H groups in total. The predicted octanol–water partition coefficient (Wildman–Crippen LogP) is 0.501. The molecule has 0 saturated carbocycles. The van der Waals surface area contributed by atoms with Gasteiger partial charge in [-0.05, 0) is 12.1 Å². The molecule has 1 amide bonds. The zero-order valence-corrected chi connectivity index (χ0v) is 14.6. The monoisotopic (exact) mass is 366 g/mol. The number of esters is 1. The highest BCUT2D eigenvalue weighted by atomic mass is 35.5. The van der Waals surface area contributed by atoms with Crippen LogP contribution in [0, 0.1) is 11.3 Å². The smallest absolute Gasteiger partial charge is 0.316 e. The number of halogens is 1. The molecule has 0 spiro atoms. The fraction of sp³-hybridized carbons (Fsp3) is 0.500. The van der Waals surface area contributed by atoms with Gasteiger partial charge in [0.15, 0.2) is 0 Å². The van der Waals surface area contributed by atoms with Gasteiger partial charge in [-0.25, -0.2) is 0 Å². The van der Waals surface area contributed by atoms with Gasteiger partial charge in [-0.3, -0.25) is 9.59 Å². The van der Waals surface area contributed by atoms with E-state index in [0.717, 1.165) is 11.0 Å². The van der Waals surface area contributed by atoms with Gasteiger partial charge in [0.1, 0.15) is 23.0 Å². The van der Waals surface area contributed by atoms with Crippen LogP contribution in [0.15, 0.2) is 24.3 Å². The van der Waals surface area contributed by atoms with Crippen LogP contribution in [-0.2, 0) is 25.6 Å². The number of amides is 1. The van der Waals surface area contributed by atoms with Crippen LogP contribution in [0.4, 0.5) is 0 Å². The molecule has 2 aliphatic rings. The summed E-state index contributed by atoms with van der Waals surface area (Å²) >= 11 is 0. The molecule has 1 aromatic heterocycles. The van der Waals surface area contributed by atoms with E-state index >= 15 is 0 Å². The number of ether oxygens (including phenoxy) is 2. The Kier molecular flexibility index (Phi) is 4.66. The first-order valence-electron chi connectivity index (χ1n) is 7.86. The minimum Gasteiger partial charge on any atom is -0.468 e. The van der Waals surface area contributed by atoms with Crippen LogP contribution in [0.25, 0.3) is 11.0 Å². The first-order valence-corrected chi connectivity index (χ1v) is 7.86. The van der Waals surface area contributed by atoms with Gasteiger partial charge < -0.3 is 14.4 Å². The van der Waals surface area contributed by atoms with E-state index in [1.807, 2.05) is 24.3 Å². The van der Waals surface area contributed by atoms with E-state index in [4.69, 9.17) is 9.47 Å². The summed E-state index contributed by atoms with van der Waals surface area (Å²) in [5, 5.41) is 8.61. The molecule has 8 nitrogen and oxygen atoms in total. The number of carbonyl (C=O) groups is 2. The molecule has 9 heteroatoms. The predicted molar refractivity (Wildman–Crippen MR) is 90.1 cm³/mol. The summed E-state index contributed by atoms with van der Waals surface area (Å²) in [4.78, 5) is 27.9. The average Bonchev–Trinajstić information content (AvgIpc) is 3.25. The van der Waals surface area contributed by atoms with Gasteiger partial charge in [-0.1, -0.05) is 12.1 Å². The number of hydrogen-bond donors (Lipinski definition) is 0. The van der Waals surface area contributed by atoms with Crippen LogP contribution in [0.3, 0.4) is 0 Å². The number of aromatic nitrogens is 3. The second-order valence-corrected chi connectivity index (χ2v) is 6.35. The van der Waals surface area contributed by atoms with E-state index in [1.54, 1.807) is 4.90 Å². The van der Waals surface area contributed by atoms with E-state index in [9.17, 15) is 9.59 Å². The maximum Gasteiger partial charge on any atom is 0.316 e. The second kappa shape index (κ2) is 6.61. The molecule has 0 unspecified atom stereocenters. The van der Waals surface area contributed by atoms with Crippen molar-refractivity contribution in [3.8, 4) is 0 Å². The number of methoxy groups -OCH3 is 1. The van der Waals surface area contributed by atoms with Crippen molar-refractivity contribution in [3.05, 3.63) is 24.3 Å². The Labute approximate surface area is 150 Å². The molecule has 3 heterocycles. The van der Waals surface area contributed by atoms with Gasteiger partial charge in [-0.2, -0.15) is 15.0 Å². The fourth-order valence-electron chi connectivity index (χ4n) is 3.61. The summed E-state index contributed by atoms with van der Waals surface area (Å²) in [7, 11) is 1.37. The molecule has 2 saturated heterocycles. The first kappa shape index (κ1) is 17.6. The van der Waals surface area contributed by atoms with Crippen molar-refractivity contribution in [2.24, 2.45) is 11.3 Å². The normalized spacial score (nSPS) is 24.8. The number of hydrogen-bond acceptors (Lipinski definition) is 6. The largest absolute Gasteiger partial charge is 0.468 e. The molecule has 134 valence electrons. The van der Waals surface area contributed by atoms with Gasteiger partial charge in [-0.15, -0.1) is 12.4 Å². The van der Waals surface area contributed by atoms with E-state index in [2.05, 4.69) is 10.2 Å². The number of carbonyl (C=O) groups excluding carboxylic acids is 2. The van der Waals surface area contributed by atoms with Crippen molar-refractivity contribution in [2.45, 2.75) is 6.54 Å². The van der Waals surface area contributed by atoms with Crippen molar-refractivity contribution in [1.29, 1.82) is 0 Å². The van der Waals surface area contributed by atoms with E-state index in [-0.39, 0.29) is 36.7 Å². The second-order valence-electron chi connectivity index (χ2n) is 6.35. The fourth-order valence-corrected chi connectivity index (χ4v) is 3.61. The zero-order chi connectivity index (χ0) is 16.7. The van der Waals surface area contributed by atoms with Crippen molar-refractivity contribution < 1.29 is 19.1 Å². The third-order valence-electron chi connectivity index (χ3n) is 4.92. The lowest BCUT2D eigenvalue weighted by atomic mass is 9.81. The van der Waals surface area contributed by atoms with E-state index < -0.39 is 5.41 Å². The summed E-state index contributed by atoms with van der Waals surface area (Å²) < 4.78 is 10.4. The summed E-state index contributed by atoms with van der Waals surface area (Å²) in [5.74, 6) is -0.421. The number of fused-ring (bicyclic) bond motifs is 2. The van der Waals surface area contributed by atoms with Crippen molar-refractivity contribution in [2.75, 3.05) is 33.4 Å². The molecule has 1 aromatic carbocycles. The van der Waals surface area contributed by atoms with Gasteiger partial charge in [0.05, 0.1) is 20.3 Å². The molecule has 25 heavy (non-hydrogen) atoms. The third kappa shape index (κ3) is 2.85. The van der Waals surface area contributed by atoms with Crippen LogP contribution < -0.4 is 0 Å². The van der Waals surface area contributed by atoms with Crippen molar-refractivity contribution >= 4 is 35.3 Å². The average molecular weight is 367 g/mol. The maximum absolute atomic E-state index is 12.6. The van der Waals surface area contributed by atoms with Gasteiger partial charge in [0, 0.05) is 19.0 Å². The van der Waals surface area contributed by atoms with Crippen LogP contribution in [0.1, 0.15) is 0 Å². The summed E-state index contributed by atoms with van der Waals surface area (Å²) in [6.07, 6.45) is 0. The van der Waals surface area contributed by atoms with Crippen LogP contribution in [0.2, 0.25) is 0 Å². The summed E-state index contributed by atoms with van der Waals surface area (Å²) in [5.41, 5.74) is 0.776. The molecule has 4 rings (SSSR count). The minimum atomic E-state index is -0.729. The highest BCUT2D eigenvalue weighted by molar-refractivity contribution is 5.85. The Bertz CT molecular complexity index is 777. The number of benzene rings is 1. The first-order chi connectivity index (χ1) is 11.6. The third-order valence-corrected chi connectivity index (χ3v) is 4.92. The van der Waals surface area contributed by atoms with Crippen LogP contribution in [0.5, 0.6) is 0 Å². The molecule has 2 atom stereocenters. The Morgan fingerprint density at radius 3 is 2.64 bits per heavy atom. The Hall–Kier alpha value is -2.19. The molecule has 2 fully saturated rings. The van der Waals surface area contributed by atoms with Gasteiger partial charge >= 0.3 is 5.97 Å². The number of nitrogens with zero attached hydrogens (tertiary/aromatic N) is 4. The molecule has 0 radical (unpaired) electrons. The molecule has 2 aliphatic heterocycles. The molecule has 2 aromatic rings.